The number of anilines is 1. The minimum absolute atomic E-state index is 0.0864. The highest BCUT2D eigenvalue weighted by Gasteiger charge is 2.33. The zero-order chi connectivity index (χ0) is 20.0. The largest absolute Gasteiger partial charge is 0.340 e. The van der Waals surface area contributed by atoms with Gasteiger partial charge in [-0.15, -0.1) is 0 Å². The molecule has 1 aromatic heterocycles. The lowest BCUT2D eigenvalue weighted by Crippen LogP contribution is -2.43. The molecule has 10 heteroatoms. The molecule has 148 valence electrons. The van der Waals surface area contributed by atoms with Crippen molar-refractivity contribution in [1.82, 2.24) is 18.9 Å². The molecule has 2 aliphatic heterocycles. The third kappa shape index (κ3) is 3.05. The number of benzene rings is 1. The number of amides is 3. The van der Waals surface area contributed by atoms with Crippen LogP contribution in [0.1, 0.15) is 22.6 Å². The first-order chi connectivity index (χ1) is 13.4. The molecular weight excluding hydrogens is 389 g/mol. The molecule has 2 aliphatic rings. The van der Waals surface area contributed by atoms with Crippen LogP contribution in [0.5, 0.6) is 0 Å². The molecule has 2 aromatic rings. The number of hydrogen-bond donors (Lipinski definition) is 1. The van der Waals surface area contributed by atoms with Gasteiger partial charge in [-0.3, -0.25) is 13.9 Å². The summed E-state index contributed by atoms with van der Waals surface area (Å²) in [5.41, 5.74) is 1.06. The van der Waals surface area contributed by atoms with Gasteiger partial charge in [-0.05, 0) is 24.6 Å². The van der Waals surface area contributed by atoms with E-state index in [1.54, 1.807) is 16.5 Å². The predicted octanol–water partition coefficient (Wildman–Crippen LogP) is 1.97. The molecule has 0 saturated heterocycles. The molecular formula is C18H19ClFN5O3. The number of halogens is 2. The average molecular weight is 408 g/mol. The first kappa shape index (κ1) is 18.5. The Morgan fingerprint density at radius 1 is 1.14 bits per heavy atom. The molecule has 0 fully saturated rings. The fourth-order valence-corrected chi connectivity index (χ4v) is 3.84. The third-order valence-electron chi connectivity index (χ3n) is 5.15. The van der Waals surface area contributed by atoms with E-state index in [0.717, 1.165) is 0 Å². The molecule has 4 rings (SSSR count). The summed E-state index contributed by atoms with van der Waals surface area (Å²) in [6.07, 6.45) is 0.703. The van der Waals surface area contributed by atoms with E-state index >= 15 is 0 Å². The Hall–Kier alpha value is -2.81. The van der Waals surface area contributed by atoms with Crippen LogP contribution < -0.4 is 11.0 Å². The summed E-state index contributed by atoms with van der Waals surface area (Å²) in [6, 6.07) is 3.52. The molecule has 0 spiro atoms. The Bertz CT molecular complexity index is 1030. The van der Waals surface area contributed by atoms with Crippen LogP contribution in [0, 0.1) is 5.82 Å². The highest BCUT2D eigenvalue weighted by atomic mass is 35.5. The van der Waals surface area contributed by atoms with Gasteiger partial charge in [0.15, 0.2) is 0 Å². The summed E-state index contributed by atoms with van der Waals surface area (Å²) < 4.78 is 16.4. The first-order valence-corrected chi connectivity index (χ1v) is 9.33. The number of urea groups is 1. The molecule has 0 atom stereocenters. The predicted molar refractivity (Wildman–Crippen MR) is 101 cm³/mol. The highest BCUT2D eigenvalue weighted by molar-refractivity contribution is 6.31. The summed E-state index contributed by atoms with van der Waals surface area (Å²) in [5, 5.41) is 2.59. The van der Waals surface area contributed by atoms with Crippen molar-refractivity contribution in [2.75, 3.05) is 25.5 Å². The fraction of sp³-hybridized carbons (Fsp3) is 0.389. The van der Waals surface area contributed by atoms with Gasteiger partial charge in [0.05, 0.1) is 17.3 Å². The van der Waals surface area contributed by atoms with Crippen molar-refractivity contribution in [3.63, 3.8) is 0 Å². The molecule has 0 radical (unpaired) electrons. The summed E-state index contributed by atoms with van der Waals surface area (Å²) in [5.74, 6) is -0.781. The van der Waals surface area contributed by atoms with Crippen LogP contribution in [0.15, 0.2) is 23.0 Å². The number of nitrogens with zero attached hydrogens (tertiary/aromatic N) is 4. The van der Waals surface area contributed by atoms with Gasteiger partial charge in [-0.2, -0.15) is 0 Å². The maximum Gasteiger partial charge on any atom is 0.329 e. The van der Waals surface area contributed by atoms with E-state index in [2.05, 4.69) is 5.32 Å². The SMILES string of the molecule is CN1CCCn2c(c3n(c2=O)CCN(C(=O)Nc2ccc(F)c(Cl)c2)C3)C1=O. The number of carbonyl (C=O) groups is 2. The molecule has 0 aliphatic carbocycles. The van der Waals surface area contributed by atoms with E-state index in [1.165, 1.54) is 27.7 Å². The quantitative estimate of drug-likeness (QED) is 0.784. The molecule has 8 nitrogen and oxygen atoms in total. The Kier molecular flexibility index (Phi) is 4.62. The lowest BCUT2D eigenvalue weighted by atomic mass is 10.2. The third-order valence-corrected chi connectivity index (χ3v) is 5.44. The second-order valence-electron chi connectivity index (χ2n) is 6.94. The highest BCUT2D eigenvalue weighted by Crippen LogP contribution is 2.22. The van der Waals surface area contributed by atoms with Crippen LogP contribution in [-0.4, -0.2) is 51.0 Å². The van der Waals surface area contributed by atoms with Crippen LogP contribution in [0.25, 0.3) is 0 Å². The second kappa shape index (κ2) is 6.97. The lowest BCUT2D eigenvalue weighted by Gasteiger charge is -2.28. The Morgan fingerprint density at radius 2 is 1.93 bits per heavy atom. The van der Waals surface area contributed by atoms with Gasteiger partial charge in [0.2, 0.25) is 0 Å². The van der Waals surface area contributed by atoms with Crippen LogP contribution in [-0.2, 0) is 19.6 Å². The number of rotatable bonds is 1. The lowest BCUT2D eigenvalue weighted by molar-refractivity contribution is 0.0793. The van der Waals surface area contributed by atoms with Crippen LogP contribution in [0.2, 0.25) is 5.02 Å². The summed E-state index contributed by atoms with van der Waals surface area (Å²) in [4.78, 5) is 41.2. The average Bonchev–Trinajstić information content (AvgIpc) is 2.85. The number of nitrogens with one attached hydrogen (secondary N) is 1. The first-order valence-electron chi connectivity index (χ1n) is 8.95. The van der Waals surface area contributed by atoms with E-state index in [0.29, 0.717) is 49.7 Å². The summed E-state index contributed by atoms with van der Waals surface area (Å²) in [6.45, 7) is 1.82. The molecule has 3 heterocycles. The van der Waals surface area contributed by atoms with E-state index in [9.17, 15) is 18.8 Å². The van der Waals surface area contributed by atoms with E-state index in [1.807, 2.05) is 0 Å². The van der Waals surface area contributed by atoms with Crippen molar-refractivity contribution in [3.05, 3.63) is 50.9 Å². The van der Waals surface area contributed by atoms with Gasteiger partial charge in [0.1, 0.15) is 11.5 Å². The Labute approximate surface area is 165 Å². The van der Waals surface area contributed by atoms with Gasteiger partial charge in [0.25, 0.3) is 5.91 Å². The molecule has 1 N–H and O–H groups in total. The van der Waals surface area contributed by atoms with Gasteiger partial charge >= 0.3 is 11.7 Å². The van der Waals surface area contributed by atoms with Gasteiger partial charge in [-0.1, -0.05) is 11.6 Å². The minimum Gasteiger partial charge on any atom is -0.340 e. The smallest absolute Gasteiger partial charge is 0.329 e. The minimum atomic E-state index is -0.569. The van der Waals surface area contributed by atoms with Gasteiger partial charge < -0.3 is 15.1 Å². The molecule has 0 saturated carbocycles. The van der Waals surface area contributed by atoms with Crippen molar-refractivity contribution in [2.24, 2.45) is 0 Å². The number of aromatic nitrogens is 2. The Balaban J connectivity index is 1.61. The molecule has 0 unspecified atom stereocenters. The summed E-state index contributed by atoms with van der Waals surface area (Å²) in [7, 11) is 1.71. The monoisotopic (exact) mass is 407 g/mol. The molecule has 28 heavy (non-hydrogen) atoms. The standard InChI is InChI=1S/C18H19ClFN5O3/c1-22-5-2-6-25-15(16(22)26)14-10-23(7-8-24(14)18(25)28)17(27)21-11-3-4-13(20)12(19)9-11/h3-4,9H,2,5-8,10H2,1H3,(H,21,27). The fourth-order valence-electron chi connectivity index (χ4n) is 3.66. The topological polar surface area (TPSA) is 79.6 Å². The molecule has 1 aromatic carbocycles. The van der Waals surface area contributed by atoms with E-state index in [4.69, 9.17) is 11.6 Å². The Morgan fingerprint density at radius 3 is 2.68 bits per heavy atom. The van der Waals surface area contributed by atoms with Crippen molar-refractivity contribution >= 4 is 29.2 Å². The summed E-state index contributed by atoms with van der Waals surface area (Å²) >= 11 is 5.75. The van der Waals surface area contributed by atoms with E-state index < -0.39 is 11.8 Å². The normalized spacial score (nSPS) is 16.5. The number of fused-ring (bicyclic) bond motifs is 3. The van der Waals surface area contributed by atoms with Crippen molar-refractivity contribution in [1.29, 1.82) is 0 Å². The van der Waals surface area contributed by atoms with Gasteiger partial charge in [-0.25, -0.2) is 14.0 Å². The maximum atomic E-state index is 13.3. The van der Waals surface area contributed by atoms with Crippen molar-refractivity contribution in [3.8, 4) is 0 Å². The maximum absolute atomic E-state index is 13.3. The van der Waals surface area contributed by atoms with Gasteiger partial charge in [0, 0.05) is 38.9 Å². The van der Waals surface area contributed by atoms with Crippen LogP contribution in [0.4, 0.5) is 14.9 Å². The molecule has 3 amide bonds. The zero-order valence-corrected chi connectivity index (χ0v) is 16.0. The molecule has 0 bridgehead atoms. The van der Waals surface area contributed by atoms with Crippen LogP contribution in [0.3, 0.4) is 0 Å². The number of hydrogen-bond acceptors (Lipinski definition) is 3. The number of imidazole rings is 1. The van der Waals surface area contributed by atoms with Crippen molar-refractivity contribution in [2.45, 2.75) is 26.1 Å². The second-order valence-corrected chi connectivity index (χ2v) is 7.35. The van der Waals surface area contributed by atoms with E-state index in [-0.39, 0.29) is 23.2 Å². The number of carbonyl (C=O) groups excluding carboxylic acids is 2. The van der Waals surface area contributed by atoms with Crippen molar-refractivity contribution < 1.29 is 14.0 Å². The zero-order valence-electron chi connectivity index (χ0n) is 15.2. The van der Waals surface area contributed by atoms with Crippen LogP contribution >= 0.6 is 11.6 Å².